The molecule has 0 aromatic rings. The van der Waals surface area contributed by atoms with Gasteiger partial charge < -0.3 is 0 Å². The molecule has 0 saturated heterocycles. The van der Waals surface area contributed by atoms with Gasteiger partial charge in [-0.15, -0.1) is 0 Å². The highest BCUT2D eigenvalue weighted by Crippen LogP contribution is 2.35. The molecule has 0 amide bonds. The van der Waals surface area contributed by atoms with Crippen LogP contribution in [0.3, 0.4) is 0 Å². The molecule has 0 radical (unpaired) electrons. The topological polar surface area (TPSA) is 48.5 Å². The highest BCUT2D eigenvalue weighted by molar-refractivity contribution is 6.40. The van der Waals surface area contributed by atoms with Crippen LogP contribution in [-0.2, 0) is 0 Å². The smallest absolute Gasteiger partial charge is 0.142 e. The van der Waals surface area contributed by atoms with Crippen molar-refractivity contribution in [3.63, 3.8) is 0 Å². The lowest BCUT2D eigenvalue weighted by atomic mass is 9.89. The third-order valence-electron chi connectivity index (χ3n) is 3.98. The van der Waals surface area contributed by atoms with Crippen LogP contribution in [0.4, 0.5) is 4.39 Å². The van der Waals surface area contributed by atoms with Crippen molar-refractivity contribution >= 4 is 23.0 Å². The lowest BCUT2D eigenvalue weighted by Gasteiger charge is -2.23. The van der Waals surface area contributed by atoms with E-state index in [2.05, 4.69) is 9.98 Å². The lowest BCUT2D eigenvalue weighted by molar-refractivity contribution is 0.301. The van der Waals surface area contributed by atoms with E-state index in [1.807, 2.05) is 45.9 Å². The van der Waals surface area contributed by atoms with Gasteiger partial charge in [-0.1, -0.05) is 36.8 Å². The molecule has 0 aliphatic heterocycles. The van der Waals surface area contributed by atoms with Crippen molar-refractivity contribution < 1.29 is 4.39 Å². The molecular weight excluding hydrogens is 337 g/mol. The summed E-state index contributed by atoms with van der Waals surface area (Å²) < 4.78 is 14.4. The summed E-state index contributed by atoms with van der Waals surface area (Å²) >= 11 is 6.21. The number of hydrogen-bond acceptors (Lipinski definition) is 3. The van der Waals surface area contributed by atoms with Crippen LogP contribution in [0.2, 0.25) is 0 Å². The Kier molecular flexibility index (Phi) is 9.08. The summed E-state index contributed by atoms with van der Waals surface area (Å²) in [6.07, 6.45) is 9.49. The van der Waals surface area contributed by atoms with Gasteiger partial charge in [-0.2, -0.15) is 5.26 Å². The van der Waals surface area contributed by atoms with E-state index in [-0.39, 0.29) is 11.0 Å². The van der Waals surface area contributed by atoms with E-state index < -0.39 is 6.17 Å². The fraction of sp³-hybridized carbons (Fsp3) is 0.450. The molecular formula is C20H25ClFN3. The highest BCUT2D eigenvalue weighted by atomic mass is 35.5. The third-order valence-corrected chi connectivity index (χ3v) is 4.40. The van der Waals surface area contributed by atoms with Gasteiger partial charge >= 0.3 is 0 Å². The van der Waals surface area contributed by atoms with Crippen LogP contribution >= 0.6 is 11.6 Å². The highest BCUT2D eigenvalue weighted by Gasteiger charge is 2.27. The van der Waals surface area contributed by atoms with Gasteiger partial charge in [0.25, 0.3) is 0 Å². The summed E-state index contributed by atoms with van der Waals surface area (Å²) in [4.78, 5) is 8.71. The molecule has 0 aromatic heterocycles. The minimum Gasteiger partial charge on any atom is -0.260 e. The second-order valence-electron chi connectivity index (χ2n) is 5.92. The molecule has 1 aliphatic rings. The Morgan fingerprint density at radius 3 is 2.64 bits per heavy atom. The maximum atomic E-state index is 14.4. The summed E-state index contributed by atoms with van der Waals surface area (Å²) in [7, 11) is 0. The standard InChI is InChI=1S/C20H25ClFN3/c1-5-6-12-24-15(3)16(4)25-13-14(2)18-10-9-17(8-7-11-23)20(22)19(18)21/h6,9-10,12-13,17,20H,5,7-8H2,1-4H3/b12-6-,14-13+,24-15?,25-16?. The van der Waals surface area contributed by atoms with E-state index in [9.17, 15) is 4.39 Å². The van der Waals surface area contributed by atoms with Crippen LogP contribution in [0.5, 0.6) is 0 Å². The van der Waals surface area contributed by atoms with E-state index in [4.69, 9.17) is 16.9 Å². The number of halogens is 2. The Labute approximate surface area is 155 Å². The quantitative estimate of drug-likeness (QED) is 0.508. The van der Waals surface area contributed by atoms with Gasteiger partial charge in [-0.25, -0.2) is 4.39 Å². The first kappa shape index (κ1) is 21.1. The van der Waals surface area contributed by atoms with E-state index >= 15 is 0 Å². The van der Waals surface area contributed by atoms with Gasteiger partial charge in [-0.3, -0.25) is 9.98 Å². The Balaban J connectivity index is 2.92. The molecule has 3 nitrogen and oxygen atoms in total. The van der Waals surface area contributed by atoms with Crippen LogP contribution < -0.4 is 0 Å². The molecule has 0 N–H and O–H groups in total. The first-order valence-corrected chi connectivity index (χ1v) is 8.80. The van der Waals surface area contributed by atoms with Crippen LogP contribution in [0.15, 0.2) is 56.8 Å². The summed E-state index contributed by atoms with van der Waals surface area (Å²) in [5.41, 5.74) is 3.06. The van der Waals surface area contributed by atoms with Gasteiger partial charge in [0, 0.05) is 24.7 Å². The van der Waals surface area contributed by atoms with Crippen molar-refractivity contribution in [2.75, 3.05) is 0 Å². The molecule has 5 heteroatoms. The molecule has 134 valence electrons. The minimum atomic E-state index is -1.27. The minimum absolute atomic E-state index is 0.184. The Morgan fingerprint density at radius 2 is 2.00 bits per heavy atom. The maximum Gasteiger partial charge on any atom is 0.142 e. The largest absolute Gasteiger partial charge is 0.260 e. The Hall–Kier alpha value is -1.99. The van der Waals surface area contributed by atoms with Crippen molar-refractivity contribution in [2.45, 2.75) is 53.1 Å². The lowest BCUT2D eigenvalue weighted by Crippen LogP contribution is -2.18. The SMILES string of the molecule is CC/C=C\N=C(C)C(C)=N/C=C(\C)C1=C(Cl)C(F)C(CCC#N)C=C1. The van der Waals surface area contributed by atoms with Crippen molar-refractivity contribution in [1.29, 1.82) is 5.26 Å². The predicted octanol–water partition coefficient (Wildman–Crippen LogP) is 6.06. The zero-order chi connectivity index (χ0) is 18.8. The van der Waals surface area contributed by atoms with Gasteiger partial charge in [-0.05, 0) is 44.8 Å². The summed E-state index contributed by atoms with van der Waals surface area (Å²) in [6.45, 7) is 7.67. The van der Waals surface area contributed by atoms with E-state index in [0.29, 0.717) is 18.4 Å². The molecule has 1 aliphatic carbocycles. The second kappa shape index (κ2) is 10.8. The molecule has 1 rings (SSSR count). The molecule has 2 unspecified atom stereocenters. The van der Waals surface area contributed by atoms with Crippen molar-refractivity contribution in [2.24, 2.45) is 15.9 Å². The second-order valence-corrected chi connectivity index (χ2v) is 6.32. The number of alkyl halides is 1. The molecule has 25 heavy (non-hydrogen) atoms. The molecule has 2 atom stereocenters. The average molecular weight is 362 g/mol. The monoisotopic (exact) mass is 361 g/mol. The van der Waals surface area contributed by atoms with Gasteiger partial charge in [0.05, 0.1) is 22.5 Å². The van der Waals surface area contributed by atoms with Crippen molar-refractivity contribution in [3.05, 3.63) is 46.8 Å². The fourth-order valence-corrected chi connectivity index (χ4v) is 2.62. The number of aliphatic imine (C=N–C) groups is 2. The number of hydrogen-bond donors (Lipinski definition) is 0. The van der Waals surface area contributed by atoms with Crippen molar-refractivity contribution in [1.82, 2.24) is 0 Å². The zero-order valence-electron chi connectivity index (χ0n) is 15.3. The van der Waals surface area contributed by atoms with E-state index in [1.54, 1.807) is 18.5 Å². The zero-order valence-corrected chi connectivity index (χ0v) is 16.0. The van der Waals surface area contributed by atoms with Gasteiger partial charge in [0.2, 0.25) is 0 Å². The van der Waals surface area contributed by atoms with Crippen LogP contribution in [0.25, 0.3) is 0 Å². The molecule has 0 saturated carbocycles. The average Bonchev–Trinajstić information content (AvgIpc) is 2.60. The molecule has 0 aromatic carbocycles. The fourth-order valence-electron chi connectivity index (χ4n) is 2.25. The molecule has 0 bridgehead atoms. The molecule has 0 fully saturated rings. The summed E-state index contributed by atoms with van der Waals surface area (Å²) in [6, 6.07) is 2.04. The summed E-state index contributed by atoms with van der Waals surface area (Å²) in [5.74, 6) is -0.339. The first-order chi connectivity index (χ1) is 11.9. The third kappa shape index (κ3) is 6.43. The molecule has 0 heterocycles. The normalized spacial score (nSPS) is 22.7. The van der Waals surface area contributed by atoms with E-state index in [1.165, 1.54) is 0 Å². The number of nitrogens with zero attached hydrogens (tertiary/aromatic N) is 3. The van der Waals surface area contributed by atoms with E-state index in [0.717, 1.165) is 23.4 Å². The van der Waals surface area contributed by atoms with Crippen LogP contribution in [0.1, 0.15) is 47.0 Å². The number of allylic oxidation sites excluding steroid dienone is 6. The number of nitriles is 1. The first-order valence-electron chi connectivity index (χ1n) is 8.42. The summed E-state index contributed by atoms with van der Waals surface area (Å²) in [5, 5.41) is 8.83. The Bertz CT molecular complexity index is 690. The van der Waals surface area contributed by atoms with Gasteiger partial charge in [0.1, 0.15) is 6.17 Å². The number of rotatable bonds is 7. The van der Waals surface area contributed by atoms with Crippen LogP contribution in [0, 0.1) is 17.2 Å². The van der Waals surface area contributed by atoms with Crippen molar-refractivity contribution in [3.8, 4) is 6.07 Å². The van der Waals surface area contributed by atoms with Crippen LogP contribution in [-0.4, -0.2) is 17.6 Å². The Morgan fingerprint density at radius 1 is 1.32 bits per heavy atom. The predicted molar refractivity (Wildman–Crippen MR) is 105 cm³/mol. The molecule has 0 spiro atoms. The van der Waals surface area contributed by atoms with Gasteiger partial charge in [0.15, 0.2) is 0 Å². The maximum absolute atomic E-state index is 14.4.